The van der Waals surface area contributed by atoms with E-state index < -0.39 is 113 Å². The van der Waals surface area contributed by atoms with Crippen LogP contribution in [0.3, 0.4) is 0 Å². The fourth-order valence-corrected chi connectivity index (χ4v) is 9.48. The van der Waals surface area contributed by atoms with Crippen LogP contribution in [0.4, 0.5) is 0 Å². The zero-order valence-corrected chi connectivity index (χ0v) is 39.6. The minimum Gasteiger partial charge on any atom is -0.509 e. The molecular formula is C49H65N3O15. The number of hydrogen-bond donors (Lipinski definition) is 6. The molecule has 7 rings (SSSR count). The minimum atomic E-state index is -1.98. The molecule has 5 aliphatic heterocycles. The van der Waals surface area contributed by atoms with Gasteiger partial charge in [-0.15, -0.1) is 0 Å². The first-order valence-corrected chi connectivity index (χ1v) is 22.6. The standard InChI is InChI=1S/C49H65N3O15/c1-25-12-10-13-26(2)48(61)50-38-39(52-17-20-63-21-18-52)44(59)35-36(43(38)58)42(57)30(6)46-37(35)47(60)49(7,67-46)65-19-15-32(62-9)27(3)45(29(5)41(56)28(4)40(25)55)66-34(54)24-64-33(53)22-31-14-11-16-51(8)23-31/h10-13,15-16,19,23,25,27-29,32,35-36,40-41,45,55-56,58-60H,14,17-18,20-22,24H2,1-9H3,(H,50,61)/t25-,27+,28+,29+,32-,35?,36+,40-,41+,45+,49-/m0/s1. The zero-order chi connectivity index (χ0) is 49.1. The first-order valence-electron chi connectivity index (χ1n) is 22.6. The molecule has 1 amide bonds. The van der Waals surface area contributed by atoms with Crippen molar-refractivity contribution in [1.29, 1.82) is 0 Å². The van der Waals surface area contributed by atoms with Crippen LogP contribution >= 0.6 is 0 Å². The fraction of sp³-hybridized carbons (Fsp3) is 0.551. The maximum atomic E-state index is 14.2. The summed E-state index contributed by atoms with van der Waals surface area (Å²) in [6, 6.07) is 0. The number of carbonyl (C=O) groups is 4. The van der Waals surface area contributed by atoms with E-state index in [0.717, 1.165) is 5.57 Å². The molecule has 18 heteroatoms. The van der Waals surface area contributed by atoms with Gasteiger partial charge in [0, 0.05) is 75.2 Å². The Balaban J connectivity index is 1.38. The number of ketones is 1. The highest BCUT2D eigenvalue weighted by atomic mass is 16.7. The number of aliphatic hydroxyl groups excluding tert-OH is 5. The highest BCUT2D eigenvalue weighted by molar-refractivity contribution is 6.03. The quantitative estimate of drug-likeness (QED) is 0.192. The van der Waals surface area contributed by atoms with Gasteiger partial charge in [0.25, 0.3) is 5.91 Å². The molecule has 6 N–H and O–H groups in total. The van der Waals surface area contributed by atoms with E-state index in [9.17, 15) is 44.7 Å². The molecule has 7 aliphatic rings. The lowest BCUT2D eigenvalue weighted by atomic mass is 9.69. The SMILES string of the molecule is CO[C@H]1C=CO[C@@]2(C)OC3=C(C)C(=O)[C@@H]4C(O)=C(NC(=O)C(C)=CC=C[C@H](C)[C@H](O)[C@@H](C)[C@@H](O)[C@@H](C)[C@H](OC(=O)COC(=O)CC5=CN(C)C=CC5)[C@@H]1C)C(N1CCOCC1)=C(O)C4C3=C2O. The Bertz CT molecular complexity index is 2250. The molecule has 0 spiro atoms. The normalized spacial score (nSPS) is 33.3. The van der Waals surface area contributed by atoms with E-state index in [-0.39, 0.29) is 66.6 Å². The van der Waals surface area contributed by atoms with E-state index in [2.05, 4.69) is 5.32 Å². The van der Waals surface area contributed by atoms with Gasteiger partial charge in [-0.25, -0.2) is 4.79 Å². The molecule has 0 aromatic rings. The van der Waals surface area contributed by atoms with Crippen LogP contribution in [0.2, 0.25) is 0 Å². The van der Waals surface area contributed by atoms with Crippen LogP contribution < -0.4 is 5.32 Å². The number of Topliss-reactive ketones (excluding diaryl/α,β-unsaturated/α-hetero) is 1. The third-order valence-electron chi connectivity index (χ3n) is 13.5. The number of ether oxygens (including phenoxy) is 6. The van der Waals surface area contributed by atoms with Crippen molar-refractivity contribution in [3.05, 3.63) is 106 Å². The van der Waals surface area contributed by atoms with Crippen molar-refractivity contribution in [3.63, 3.8) is 0 Å². The largest absolute Gasteiger partial charge is 0.509 e. The number of methoxy groups -OCH3 is 1. The predicted molar refractivity (Wildman–Crippen MR) is 241 cm³/mol. The fourth-order valence-electron chi connectivity index (χ4n) is 9.48. The molecule has 11 atom stereocenters. The summed E-state index contributed by atoms with van der Waals surface area (Å²) >= 11 is 0. The van der Waals surface area contributed by atoms with Crippen LogP contribution in [0.15, 0.2) is 106 Å². The van der Waals surface area contributed by atoms with Crippen LogP contribution in [0, 0.1) is 35.5 Å². The summed E-state index contributed by atoms with van der Waals surface area (Å²) in [7, 11) is 3.24. The number of amides is 1. The topological polar surface area (TPSA) is 243 Å². The second kappa shape index (κ2) is 21.0. The molecule has 1 fully saturated rings. The van der Waals surface area contributed by atoms with Gasteiger partial charge in [-0.05, 0) is 38.1 Å². The Hall–Kier alpha value is -5.82. The number of esters is 2. The molecule has 1 saturated heterocycles. The van der Waals surface area contributed by atoms with E-state index in [0.29, 0.717) is 6.42 Å². The first-order chi connectivity index (χ1) is 31.7. The molecule has 2 aliphatic carbocycles. The van der Waals surface area contributed by atoms with Crippen molar-refractivity contribution in [1.82, 2.24) is 15.1 Å². The van der Waals surface area contributed by atoms with Gasteiger partial charge in [0.05, 0.1) is 61.6 Å². The number of carbonyl (C=O) groups excluding carboxylic acids is 4. The van der Waals surface area contributed by atoms with Crippen LogP contribution in [-0.2, 0) is 47.6 Å². The first kappa shape index (κ1) is 50.6. The van der Waals surface area contributed by atoms with E-state index in [1.807, 2.05) is 25.5 Å². The summed E-state index contributed by atoms with van der Waals surface area (Å²) in [5.74, 6) is -12.0. The van der Waals surface area contributed by atoms with Gasteiger partial charge >= 0.3 is 17.7 Å². The van der Waals surface area contributed by atoms with Crippen LogP contribution in [0.1, 0.15) is 61.3 Å². The third-order valence-corrected chi connectivity index (χ3v) is 13.5. The molecule has 0 radical (unpaired) electrons. The molecule has 67 heavy (non-hydrogen) atoms. The van der Waals surface area contributed by atoms with Gasteiger partial charge in [0.1, 0.15) is 34.8 Å². The highest BCUT2D eigenvalue weighted by Gasteiger charge is 2.58. The summed E-state index contributed by atoms with van der Waals surface area (Å²) in [5.41, 5.74) is 0.869. The summed E-state index contributed by atoms with van der Waals surface area (Å²) in [5, 5.41) is 62.4. The van der Waals surface area contributed by atoms with Crippen molar-refractivity contribution in [2.45, 2.75) is 91.5 Å². The second-order valence-corrected chi connectivity index (χ2v) is 18.3. The second-order valence-electron chi connectivity index (χ2n) is 18.3. The maximum absolute atomic E-state index is 14.2. The predicted octanol–water partition coefficient (Wildman–Crippen LogP) is 4.54. The van der Waals surface area contributed by atoms with E-state index in [4.69, 9.17) is 28.4 Å². The van der Waals surface area contributed by atoms with Gasteiger partial charge in [-0.3, -0.25) is 14.4 Å². The number of aliphatic hydroxyl groups is 5. The maximum Gasteiger partial charge on any atom is 0.344 e. The molecule has 1 unspecified atom stereocenters. The van der Waals surface area contributed by atoms with Gasteiger partial charge in [-0.2, -0.15) is 0 Å². The summed E-state index contributed by atoms with van der Waals surface area (Å²) < 4.78 is 35.0. The van der Waals surface area contributed by atoms with Gasteiger partial charge in [-0.1, -0.05) is 52.0 Å². The number of hydrogen-bond acceptors (Lipinski definition) is 17. The number of rotatable bonds is 7. The monoisotopic (exact) mass is 935 g/mol. The van der Waals surface area contributed by atoms with E-state index >= 15 is 0 Å². The summed E-state index contributed by atoms with van der Waals surface area (Å²) in [6.45, 7) is 11.5. The lowest BCUT2D eigenvalue weighted by Crippen LogP contribution is -2.47. The Labute approximate surface area is 390 Å². The average Bonchev–Trinajstić information content (AvgIpc) is 3.56. The van der Waals surface area contributed by atoms with E-state index in [1.165, 1.54) is 46.3 Å². The van der Waals surface area contributed by atoms with Crippen LogP contribution in [-0.4, -0.2) is 136 Å². The van der Waals surface area contributed by atoms with Gasteiger partial charge in [0.2, 0.25) is 0 Å². The Morgan fingerprint density at radius 2 is 1.64 bits per heavy atom. The molecule has 0 aromatic heterocycles. The van der Waals surface area contributed by atoms with Gasteiger partial charge in [0.15, 0.2) is 18.1 Å². The zero-order valence-electron chi connectivity index (χ0n) is 39.6. The van der Waals surface area contributed by atoms with Crippen molar-refractivity contribution < 1.29 is 73.1 Å². The van der Waals surface area contributed by atoms with Crippen LogP contribution in [0.5, 0.6) is 0 Å². The molecule has 5 heterocycles. The molecule has 0 aromatic carbocycles. The smallest absolute Gasteiger partial charge is 0.344 e. The Morgan fingerprint density at radius 1 is 0.940 bits per heavy atom. The van der Waals surface area contributed by atoms with Crippen molar-refractivity contribution in [2.75, 3.05) is 47.1 Å². The van der Waals surface area contributed by atoms with Crippen molar-refractivity contribution >= 4 is 23.6 Å². The molecular weight excluding hydrogens is 871 g/mol. The summed E-state index contributed by atoms with van der Waals surface area (Å²) in [4.78, 5) is 57.8. The molecule has 366 valence electrons. The average molecular weight is 936 g/mol. The third kappa shape index (κ3) is 10.5. The van der Waals surface area contributed by atoms with Crippen molar-refractivity contribution in [2.24, 2.45) is 35.5 Å². The highest BCUT2D eigenvalue weighted by Crippen LogP contribution is 2.54. The molecule has 18 nitrogen and oxygen atoms in total. The lowest BCUT2D eigenvalue weighted by Gasteiger charge is -2.41. The summed E-state index contributed by atoms with van der Waals surface area (Å²) in [6.07, 6.45) is 9.12. The van der Waals surface area contributed by atoms with Crippen LogP contribution in [0.25, 0.3) is 0 Å². The number of fused-ring (bicyclic) bond motifs is 13. The minimum absolute atomic E-state index is 0.00562. The van der Waals surface area contributed by atoms with E-state index in [1.54, 1.807) is 49.6 Å². The Kier molecular flexibility index (Phi) is 15.9. The lowest BCUT2D eigenvalue weighted by molar-refractivity contribution is -0.172. The number of nitrogens with one attached hydrogen (secondary N) is 1. The number of nitrogens with zero attached hydrogens (tertiary/aromatic N) is 2. The molecule has 0 saturated carbocycles. The molecule has 5 bridgehead atoms. The number of allylic oxidation sites excluding steroid dienone is 7. The Morgan fingerprint density at radius 3 is 2.31 bits per heavy atom. The van der Waals surface area contributed by atoms with Gasteiger partial charge < -0.3 is 69.1 Å². The number of morpholine rings is 1. The van der Waals surface area contributed by atoms with Crippen molar-refractivity contribution in [3.8, 4) is 0 Å².